The molecule has 1 rings (SSSR count). The highest BCUT2D eigenvalue weighted by Crippen LogP contribution is 2.25. The molecule has 0 saturated heterocycles. The van der Waals surface area contributed by atoms with Crippen LogP contribution in [0.4, 0.5) is 0 Å². The van der Waals surface area contributed by atoms with Crippen molar-refractivity contribution in [2.24, 2.45) is 5.92 Å². The van der Waals surface area contributed by atoms with Crippen molar-refractivity contribution in [2.75, 3.05) is 6.61 Å². The number of rotatable bonds is 6. The van der Waals surface area contributed by atoms with Crippen molar-refractivity contribution in [3.63, 3.8) is 0 Å². The number of carboxylic acids is 1. The summed E-state index contributed by atoms with van der Waals surface area (Å²) in [7, 11) is 0. The van der Waals surface area contributed by atoms with Gasteiger partial charge in [0, 0.05) is 5.02 Å². The van der Waals surface area contributed by atoms with E-state index < -0.39 is 17.9 Å². The van der Waals surface area contributed by atoms with Crippen LogP contribution in [0, 0.1) is 19.8 Å². The van der Waals surface area contributed by atoms with E-state index in [0.29, 0.717) is 10.8 Å². The number of carboxylic acid groups (broad SMARTS) is 1. The van der Waals surface area contributed by atoms with Gasteiger partial charge >= 0.3 is 5.97 Å². The lowest BCUT2D eigenvalue weighted by atomic mass is 10.1. The third-order valence-electron chi connectivity index (χ3n) is 3.03. The van der Waals surface area contributed by atoms with Crippen molar-refractivity contribution in [1.82, 2.24) is 5.32 Å². The Kier molecular flexibility index (Phi) is 6.03. The van der Waals surface area contributed by atoms with Crippen molar-refractivity contribution < 1.29 is 19.4 Å². The van der Waals surface area contributed by atoms with Crippen molar-refractivity contribution in [3.05, 3.63) is 28.3 Å². The maximum absolute atomic E-state index is 11.7. The second-order valence-corrected chi connectivity index (χ2v) is 5.67. The SMILES string of the molecule is Cc1cc(OCC(=O)NC(C(=O)O)C(C)C)cc(C)c1Cl. The summed E-state index contributed by atoms with van der Waals surface area (Å²) in [4.78, 5) is 22.8. The van der Waals surface area contributed by atoms with Crippen LogP contribution in [-0.4, -0.2) is 29.6 Å². The van der Waals surface area contributed by atoms with Gasteiger partial charge in [-0.2, -0.15) is 0 Å². The molecule has 116 valence electrons. The summed E-state index contributed by atoms with van der Waals surface area (Å²) >= 11 is 6.05. The maximum Gasteiger partial charge on any atom is 0.326 e. The highest BCUT2D eigenvalue weighted by Gasteiger charge is 2.23. The Morgan fingerprint density at radius 1 is 1.29 bits per heavy atom. The zero-order valence-electron chi connectivity index (χ0n) is 12.6. The standard InChI is InChI=1S/C15H20ClNO4/c1-8(2)14(15(19)20)17-12(18)7-21-11-5-9(3)13(16)10(4)6-11/h5-6,8,14H,7H2,1-4H3,(H,17,18)(H,19,20). The largest absolute Gasteiger partial charge is 0.484 e. The van der Waals surface area contributed by atoms with Gasteiger partial charge in [0.15, 0.2) is 6.61 Å². The van der Waals surface area contributed by atoms with Gasteiger partial charge in [-0.15, -0.1) is 0 Å². The second-order valence-electron chi connectivity index (χ2n) is 5.29. The number of halogens is 1. The lowest BCUT2D eigenvalue weighted by Crippen LogP contribution is -2.46. The summed E-state index contributed by atoms with van der Waals surface area (Å²) in [5.41, 5.74) is 1.72. The quantitative estimate of drug-likeness (QED) is 0.846. The fraction of sp³-hybridized carbons (Fsp3) is 0.467. The van der Waals surface area contributed by atoms with E-state index in [-0.39, 0.29) is 12.5 Å². The predicted molar refractivity (Wildman–Crippen MR) is 80.8 cm³/mol. The molecule has 1 amide bonds. The molecule has 6 heteroatoms. The van der Waals surface area contributed by atoms with Crippen LogP contribution in [-0.2, 0) is 9.59 Å². The highest BCUT2D eigenvalue weighted by molar-refractivity contribution is 6.32. The lowest BCUT2D eigenvalue weighted by molar-refractivity contribution is -0.143. The van der Waals surface area contributed by atoms with Crippen LogP contribution in [0.5, 0.6) is 5.75 Å². The number of aliphatic carboxylic acids is 1. The molecule has 2 N–H and O–H groups in total. The Labute approximate surface area is 129 Å². The number of ether oxygens (including phenoxy) is 1. The molecule has 0 aliphatic rings. The minimum Gasteiger partial charge on any atom is -0.484 e. The fourth-order valence-electron chi connectivity index (χ4n) is 1.87. The summed E-state index contributed by atoms with van der Waals surface area (Å²) < 4.78 is 5.38. The maximum atomic E-state index is 11.7. The van der Waals surface area contributed by atoms with Gasteiger partial charge in [-0.25, -0.2) is 4.79 Å². The highest BCUT2D eigenvalue weighted by atomic mass is 35.5. The topological polar surface area (TPSA) is 75.6 Å². The van der Waals surface area contributed by atoms with E-state index in [1.807, 2.05) is 13.8 Å². The number of benzene rings is 1. The first-order valence-electron chi connectivity index (χ1n) is 6.64. The van der Waals surface area contributed by atoms with Gasteiger partial charge in [-0.05, 0) is 43.0 Å². The smallest absolute Gasteiger partial charge is 0.326 e. The van der Waals surface area contributed by atoms with Crippen LogP contribution in [0.15, 0.2) is 12.1 Å². The number of carbonyl (C=O) groups excluding carboxylic acids is 1. The van der Waals surface area contributed by atoms with Gasteiger partial charge in [0.1, 0.15) is 11.8 Å². The molecule has 1 aromatic rings. The molecule has 1 atom stereocenters. The summed E-state index contributed by atoms with van der Waals surface area (Å²) in [5, 5.41) is 12.1. The average Bonchev–Trinajstić information content (AvgIpc) is 2.38. The van der Waals surface area contributed by atoms with E-state index in [9.17, 15) is 9.59 Å². The first-order chi connectivity index (χ1) is 9.72. The first-order valence-corrected chi connectivity index (χ1v) is 7.02. The molecule has 0 bridgehead atoms. The van der Waals surface area contributed by atoms with Crippen molar-refractivity contribution in [3.8, 4) is 5.75 Å². The van der Waals surface area contributed by atoms with Crippen LogP contribution < -0.4 is 10.1 Å². The van der Waals surface area contributed by atoms with Crippen LogP contribution in [0.25, 0.3) is 0 Å². The fourth-order valence-corrected chi connectivity index (χ4v) is 1.98. The van der Waals surface area contributed by atoms with E-state index in [2.05, 4.69) is 5.32 Å². The van der Waals surface area contributed by atoms with E-state index in [1.54, 1.807) is 26.0 Å². The Balaban J connectivity index is 2.63. The Bertz CT molecular complexity index is 519. The number of carbonyl (C=O) groups is 2. The van der Waals surface area contributed by atoms with E-state index in [4.69, 9.17) is 21.4 Å². The molecule has 0 spiro atoms. The molecule has 0 aromatic heterocycles. The normalized spacial score (nSPS) is 12.1. The molecule has 0 fully saturated rings. The van der Waals surface area contributed by atoms with Crippen molar-refractivity contribution in [1.29, 1.82) is 0 Å². The number of amides is 1. The minimum absolute atomic E-state index is 0.202. The van der Waals surface area contributed by atoms with Gasteiger partial charge in [0.05, 0.1) is 0 Å². The van der Waals surface area contributed by atoms with Gasteiger partial charge in [-0.1, -0.05) is 25.4 Å². The van der Waals surface area contributed by atoms with Crippen LogP contribution in [0.2, 0.25) is 5.02 Å². The molecular formula is C15H20ClNO4. The first kappa shape index (κ1) is 17.3. The summed E-state index contributed by atoms with van der Waals surface area (Å²) in [5.74, 6) is -1.20. The van der Waals surface area contributed by atoms with Gasteiger partial charge in [0.25, 0.3) is 5.91 Å². The summed E-state index contributed by atoms with van der Waals surface area (Å²) in [6, 6.07) is 2.55. The zero-order chi connectivity index (χ0) is 16.2. The van der Waals surface area contributed by atoms with Crippen molar-refractivity contribution in [2.45, 2.75) is 33.7 Å². The molecule has 0 aliphatic heterocycles. The molecule has 1 unspecified atom stereocenters. The summed E-state index contributed by atoms with van der Waals surface area (Å²) in [6.45, 7) is 6.91. The average molecular weight is 314 g/mol. The molecule has 21 heavy (non-hydrogen) atoms. The Morgan fingerprint density at radius 2 is 1.81 bits per heavy atom. The Hall–Kier alpha value is -1.75. The molecular weight excluding hydrogens is 294 g/mol. The lowest BCUT2D eigenvalue weighted by Gasteiger charge is -2.18. The molecule has 0 saturated carbocycles. The minimum atomic E-state index is -1.06. The van der Waals surface area contributed by atoms with E-state index in [1.165, 1.54) is 0 Å². The van der Waals surface area contributed by atoms with Gasteiger partial charge in [-0.3, -0.25) is 4.79 Å². The number of aryl methyl sites for hydroxylation is 2. The molecule has 0 aliphatic carbocycles. The second kappa shape index (κ2) is 7.31. The molecule has 1 aromatic carbocycles. The van der Waals surface area contributed by atoms with Gasteiger partial charge < -0.3 is 15.2 Å². The zero-order valence-corrected chi connectivity index (χ0v) is 13.3. The number of hydrogen-bond donors (Lipinski definition) is 2. The summed E-state index contributed by atoms with van der Waals surface area (Å²) in [6.07, 6.45) is 0. The van der Waals surface area contributed by atoms with E-state index in [0.717, 1.165) is 11.1 Å². The predicted octanol–water partition coefficient (Wildman–Crippen LogP) is 2.56. The number of hydrogen-bond acceptors (Lipinski definition) is 3. The third kappa shape index (κ3) is 4.93. The molecule has 5 nitrogen and oxygen atoms in total. The van der Waals surface area contributed by atoms with Crippen LogP contribution in [0.3, 0.4) is 0 Å². The van der Waals surface area contributed by atoms with E-state index >= 15 is 0 Å². The van der Waals surface area contributed by atoms with Crippen LogP contribution >= 0.6 is 11.6 Å². The Morgan fingerprint density at radius 3 is 2.24 bits per heavy atom. The third-order valence-corrected chi connectivity index (χ3v) is 3.63. The van der Waals surface area contributed by atoms with Crippen LogP contribution in [0.1, 0.15) is 25.0 Å². The molecule has 0 radical (unpaired) electrons. The number of nitrogens with one attached hydrogen (secondary N) is 1. The van der Waals surface area contributed by atoms with Crippen molar-refractivity contribution >= 4 is 23.5 Å². The molecule has 0 heterocycles. The van der Waals surface area contributed by atoms with Gasteiger partial charge in [0.2, 0.25) is 0 Å². The monoisotopic (exact) mass is 313 g/mol.